The lowest BCUT2D eigenvalue weighted by molar-refractivity contribution is -0.165. The van der Waals surface area contributed by atoms with Gasteiger partial charge in [0.05, 0.1) is 0 Å². The Morgan fingerprint density at radius 3 is 0.625 bits per heavy atom. The standard InChI is InChI=1S/C60H42O4/c61-57(59(63,53-33-37-17-1-5-21-41(37)45-25-9-13-29-49(45)53)54-34-38-18-2-6-22-42(38)46-26-10-14-30-50(46)54)58(62)60(64,55-35-39-19-3-7-23-43(39)47-27-11-15-31-51(47)55)56-36-40-20-4-8-24-44(40)48-28-12-16-32-52(48)56/h1-36,57-58,61-64H/t57-,58-/m1/s1. The fourth-order valence-corrected chi connectivity index (χ4v) is 10.9. The van der Waals surface area contributed by atoms with Crippen molar-refractivity contribution in [1.29, 1.82) is 0 Å². The number of aliphatic hydroxyl groups excluding tert-OH is 2. The monoisotopic (exact) mass is 826 g/mol. The van der Waals surface area contributed by atoms with Crippen molar-refractivity contribution in [2.75, 3.05) is 0 Å². The van der Waals surface area contributed by atoms with Crippen molar-refractivity contribution in [3.63, 3.8) is 0 Å². The molecule has 0 saturated carbocycles. The molecule has 0 saturated heterocycles. The van der Waals surface area contributed by atoms with Gasteiger partial charge in [0, 0.05) is 0 Å². The smallest absolute Gasteiger partial charge is 0.144 e. The zero-order valence-electron chi connectivity index (χ0n) is 34.7. The van der Waals surface area contributed by atoms with Crippen LogP contribution >= 0.6 is 0 Å². The van der Waals surface area contributed by atoms with Crippen molar-refractivity contribution in [2.24, 2.45) is 0 Å². The summed E-state index contributed by atoms with van der Waals surface area (Å²) >= 11 is 0. The normalized spacial score (nSPS) is 13.5. The van der Waals surface area contributed by atoms with Crippen LogP contribution in [0.3, 0.4) is 0 Å². The fraction of sp³-hybridized carbons (Fsp3) is 0.0667. The molecule has 2 atom stereocenters. The van der Waals surface area contributed by atoms with Gasteiger partial charge in [0.1, 0.15) is 23.4 Å². The molecule has 306 valence electrons. The van der Waals surface area contributed by atoms with Gasteiger partial charge >= 0.3 is 0 Å². The van der Waals surface area contributed by atoms with E-state index >= 15 is 0 Å². The van der Waals surface area contributed by atoms with Gasteiger partial charge in [-0.25, -0.2) is 0 Å². The number of hydrogen-bond donors (Lipinski definition) is 4. The van der Waals surface area contributed by atoms with E-state index in [4.69, 9.17) is 0 Å². The van der Waals surface area contributed by atoms with Crippen LogP contribution in [0.4, 0.5) is 0 Å². The van der Waals surface area contributed by atoms with Crippen molar-refractivity contribution in [2.45, 2.75) is 23.4 Å². The summed E-state index contributed by atoms with van der Waals surface area (Å²) in [5.74, 6) is 0. The predicted molar refractivity (Wildman–Crippen MR) is 264 cm³/mol. The fourth-order valence-electron chi connectivity index (χ4n) is 10.9. The van der Waals surface area contributed by atoms with Crippen LogP contribution in [0.25, 0.3) is 86.2 Å². The number of rotatable bonds is 7. The van der Waals surface area contributed by atoms with Crippen LogP contribution in [-0.2, 0) is 11.2 Å². The molecule has 12 aromatic rings. The Hall–Kier alpha value is -7.44. The summed E-state index contributed by atoms with van der Waals surface area (Å²) in [4.78, 5) is 0. The van der Waals surface area contributed by atoms with Gasteiger partial charge in [0.2, 0.25) is 0 Å². The second-order valence-electron chi connectivity index (χ2n) is 17.2. The first-order valence-electron chi connectivity index (χ1n) is 21.8. The second-order valence-corrected chi connectivity index (χ2v) is 17.2. The zero-order chi connectivity index (χ0) is 43.2. The quantitative estimate of drug-likeness (QED) is 0.121. The third-order valence-corrected chi connectivity index (χ3v) is 13.9. The van der Waals surface area contributed by atoms with Gasteiger partial charge in [0.15, 0.2) is 0 Å². The molecule has 4 heteroatoms. The van der Waals surface area contributed by atoms with E-state index in [2.05, 4.69) is 24.3 Å². The summed E-state index contributed by atoms with van der Waals surface area (Å²) in [5, 5.41) is 70.2. The predicted octanol–water partition coefficient (Wildman–Crippen LogP) is 12.8. The number of hydrogen-bond acceptors (Lipinski definition) is 4. The molecule has 0 bridgehead atoms. The van der Waals surface area contributed by atoms with Gasteiger partial charge in [-0.2, -0.15) is 0 Å². The average Bonchev–Trinajstić information content (AvgIpc) is 3.36. The van der Waals surface area contributed by atoms with Gasteiger partial charge in [-0.15, -0.1) is 0 Å². The Bertz CT molecular complexity index is 3340. The van der Waals surface area contributed by atoms with E-state index in [-0.39, 0.29) is 0 Å². The molecule has 0 radical (unpaired) electrons. The summed E-state index contributed by atoms with van der Waals surface area (Å²) in [6.45, 7) is 0. The van der Waals surface area contributed by atoms with E-state index < -0.39 is 23.4 Å². The van der Waals surface area contributed by atoms with Crippen LogP contribution in [0, 0.1) is 0 Å². The average molecular weight is 827 g/mol. The van der Waals surface area contributed by atoms with Crippen LogP contribution in [0.15, 0.2) is 218 Å². The first kappa shape index (κ1) is 38.3. The first-order valence-corrected chi connectivity index (χ1v) is 21.8. The van der Waals surface area contributed by atoms with Crippen LogP contribution in [0.1, 0.15) is 22.3 Å². The summed E-state index contributed by atoms with van der Waals surface area (Å²) in [7, 11) is 0. The lowest BCUT2D eigenvalue weighted by Gasteiger charge is -2.44. The largest absolute Gasteiger partial charge is 0.387 e. The minimum absolute atomic E-state index is 0.405. The maximum absolute atomic E-state index is 14.4. The molecule has 0 aliphatic heterocycles. The third-order valence-electron chi connectivity index (χ3n) is 13.9. The van der Waals surface area contributed by atoms with Crippen molar-refractivity contribution < 1.29 is 20.4 Å². The van der Waals surface area contributed by atoms with Gasteiger partial charge in [-0.1, -0.05) is 194 Å². The molecule has 4 nitrogen and oxygen atoms in total. The molecule has 4 N–H and O–H groups in total. The zero-order valence-corrected chi connectivity index (χ0v) is 34.7. The molecular weight excluding hydrogens is 785 g/mol. The Balaban J connectivity index is 1.23. The molecule has 0 aliphatic rings. The molecule has 0 fully saturated rings. The Morgan fingerprint density at radius 1 is 0.234 bits per heavy atom. The van der Waals surface area contributed by atoms with Gasteiger partial charge in [-0.05, 0) is 133 Å². The van der Waals surface area contributed by atoms with Gasteiger partial charge < -0.3 is 20.4 Å². The molecule has 64 heavy (non-hydrogen) atoms. The van der Waals surface area contributed by atoms with Crippen LogP contribution in [0.5, 0.6) is 0 Å². The Kier molecular flexibility index (Phi) is 8.71. The van der Waals surface area contributed by atoms with E-state index in [9.17, 15) is 20.4 Å². The Morgan fingerprint density at radius 2 is 0.406 bits per heavy atom. The highest BCUT2D eigenvalue weighted by atomic mass is 16.4. The van der Waals surface area contributed by atoms with Crippen LogP contribution in [0.2, 0.25) is 0 Å². The van der Waals surface area contributed by atoms with Gasteiger partial charge in [-0.3, -0.25) is 0 Å². The minimum Gasteiger partial charge on any atom is -0.387 e. The maximum atomic E-state index is 14.4. The molecule has 0 heterocycles. The van der Waals surface area contributed by atoms with Crippen molar-refractivity contribution in [3.05, 3.63) is 241 Å². The highest BCUT2D eigenvalue weighted by Gasteiger charge is 2.54. The van der Waals surface area contributed by atoms with E-state index in [1.54, 1.807) is 0 Å². The second kappa shape index (κ2) is 14.6. The molecule has 12 rings (SSSR count). The first-order chi connectivity index (χ1) is 31.4. The maximum Gasteiger partial charge on any atom is 0.144 e. The number of benzene rings is 12. The minimum atomic E-state index is -2.33. The number of aliphatic hydroxyl groups is 4. The SMILES string of the molecule is O[C@H]([C@@H](O)C(O)(c1cc2ccccc2c2ccccc12)c1cc2ccccc2c2ccccc12)C(O)(c1cc2ccccc2c2ccccc12)c1cc2ccccc2c2ccccc12. The van der Waals surface area contributed by atoms with Crippen molar-refractivity contribution in [3.8, 4) is 0 Å². The summed E-state index contributed by atoms with van der Waals surface area (Å²) < 4.78 is 0. The molecule has 0 amide bonds. The van der Waals surface area contributed by atoms with Gasteiger partial charge in [0.25, 0.3) is 0 Å². The highest BCUT2D eigenvalue weighted by Crippen LogP contribution is 2.51. The summed E-state index contributed by atoms with van der Waals surface area (Å²) in [5.41, 5.74) is -3.04. The van der Waals surface area contributed by atoms with E-state index in [0.717, 1.165) is 64.6 Å². The molecular formula is C60H42O4. The van der Waals surface area contributed by atoms with Crippen LogP contribution < -0.4 is 0 Å². The lowest BCUT2D eigenvalue weighted by atomic mass is 9.68. The van der Waals surface area contributed by atoms with Crippen molar-refractivity contribution >= 4 is 86.2 Å². The topological polar surface area (TPSA) is 80.9 Å². The van der Waals surface area contributed by atoms with Crippen LogP contribution in [-0.4, -0.2) is 32.6 Å². The summed E-state index contributed by atoms with van der Waals surface area (Å²) in [6, 6.07) is 71.5. The molecule has 0 aromatic heterocycles. The highest BCUT2D eigenvalue weighted by molar-refractivity contribution is 6.14. The van der Waals surface area contributed by atoms with E-state index in [0.29, 0.717) is 43.8 Å². The van der Waals surface area contributed by atoms with Crippen molar-refractivity contribution in [1.82, 2.24) is 0 Å². The van der Waals surface area contributed by atoms with E-state index in [1.807, 2.05) is 194 Å². The Labute approximate surface area is 369 Å². The molecule has 0 aliphatic carbocycles. The molecule has 0 spiro atoms. The molecule has 0 unspecified atom stereocenters. The number of fused-ring (bicyclic) bond motifs is 12. The third kappa shape index (κ3) is 5.51. The molecule has 12 aromatic carbocycles. The van der Waals surface area contributed by atoms with E-state index in [1.165, 1.54) is 0 Å². The lowest BCUT2D eigenvalue weighted by Crippen LogP contribution is -2.56. The summed E-state index contributed by atoms with van der Waals surface area (Å²) in [6.07, 6.45) is -4.08.